The molecule has 0 aliphatic heterocycles. The fourth-order valence-electron chi connectivity index (χ4n) is 3.24. The van der Waals surface area contributed by atoms with E-state index >= 15 is 0 Å². The number of nitrogens with zero attached hydrogens (tertiary/aromatic N) is 4. The largest absolute Gasteiger partial charge is 0.369 e. The Balaban J connectivity index is 1.80. The van der Waals surface area contributed by atoms with Gasteiger partial charge in [0.15, 0.2) is 5.82 Å². The van der Waals surface area contributed by atoms with Gasteiger partial charge in [-0.05, 0) is 57.6 Å². The van der Waals surface area contributed by atoms with E-state index in [4.69, 9.17) is 9.97 Å². The highest BCUT2D eigenvalue weighted by atomic mass is 32.2. The van der Waals surface area contributed by atoms with Crippen LogP contribution in [0.1, 0.15) is 22.6 Å². The van der Waals surface area contributed by atoms with Crippen LogP contribution in [0, 0.1) is 0 Å². The Hall–Kier alpha value is -2.64. The minimum absolute atomic E-state index is 0.0304. The molecule has 0 bridgehead atoms. The Bertz CT molecular complexity index is 1010. The zero-order valence-electron chi connectivity index (χ0n) is 18.1. The predicted molar refractivity (Wildman–Crippen MR) is 125 cm³/mol. The molecule has 0 spiro atoms. The summed E-state index contributed by atoms with van der Waals surface area (Å²) in [5.74, 6) is 1.42. The highest BCUT2D eigenvalue weighted by molar-refractivity contribution is 7.98. The van der Waals surface area contributed by atoms with Crippen molar-refractivity contribution in [2.45, 2.75) is 17.9 Å². The molecule has 0 saturated carbocycles. The number of nitrogens with one attached hydrogen (secondary N) is 1. The lowest BCUT2D eigenvalue weighted by Crippen LogP contribution is -2.27. The lowest BCUT2D eigenvalue weighted by Gasteiger charge is -2.19. The lowest BCUT2D eigenvalue weighted by molar-refractivity contribution is 0.0778. The molecule has 0 unspecified atom stereocenters. The SMILES string of the molecule is CSc1ccccc1C(=O)N(C)Cc1nc(NCCCN(C)C)c2ccccc2n1. The molecule has 30 heavy (non-hydrogen) atoms. The van der Waals surface area contributed by atoms with Crippen molar-refractivity contribution in [1.82, 2.24) is 19.8 Å². The van der Waals surface area contributed by atoms with Crippen LogP contribution in [0.15, 0.2) is 53.4 Å². The Morgan fingerprint density at radius 1 is 1.03 bits per heavy atom. The van der Waals surface area contributed by atoms with E-state index in [0.717, 1.165) is 41.1 Å². The van der Waals surface area contributed by atoms with Gasteiger partial charge in [-0.2, -0.15) is 0 Å². The molecule has 3 rings (SSSR count). The molecule has 2 aromatic carbocycles. The van der Waals surface area contributed by atoms with Gasteiger partial charge >= 0.3 is 0 Å². The maximum absolute atomic E-state index is 13.0. The molecule has 0 aliphatic rings. The Kier molecular flexibility index (Phi) is 7.65. The van der Waals surface area contributed by atoms with E-state index in [2.05, 4.69) is 24.3 Å². The topological polar surface area (TPSA) is 61.4 Å². The molecule has 6 nitrogen and oxygen atoms in total. The number of carbonyl (C=O) groups is 1. The summed E-state index contributed by atoms with van der Waals surface area (Å²) in [5.41, 5.74) is 1.58. The van der Waals surface area contributed by atoms with E-state index in [9.17, 15) is 4.79 Å². The van der Waals surface area contributed by atoms with Gasteiger partial charge in [0, 0.05) is 23.9 Å². The molecule has 0 atom stereocenters. The van der Waals surface area contributed by atoms with Crippen molar-refractivity contribution in [3.05, 3.63) is 59.9 Å². The Labute approximate surface area is 182 Å². The second-order valence-corrected chi connectivity index (χ2v) is 8.30. The van der Waals surface area contributed by atoms with E-state index in [1.807, 2.05) is 54.8 Å². The molecule has 7 heteroatoms. The second-order valence-electron chi connectivity index (χ2n) is 7.45. The van der Waals surface area contributed by atoms with Gasteiger partial charge in [-0.15, -0.1) is 11.8 Å². The minimum Gasteiger partial charge on any atom is -0.369 e. The first-order valence-electron chi connectivity index (χ1n) is 10.0. The first-order valence-corrected chi connectivity index (χ1v) is 11.2. The normalized spacial score (nSPS) is 11.1. The molecule has 1 heterocycles. The molecule has 0 radical (unpaired) electrons. The number of thioether (sulfide) groups is 1. The zero-order valence-corrected chi connectivity index (χ0v) is 18.9. The first-order chi connectivity index (χ1) is 14.5. The highest BCUT2D eigenvalue weighted by Crippen LogP contribution is 2.23. The van der Waals surface area contributed by atoms with E-state index < -0.39 is 0 Å². The van der Waals surface area contributed by atoms with E-state index in [1.54, 1.807) is 23.7 Å². The first kappa shape index (κ1) is 22.1. The molecular weight excluding hydrogens is 394 g/mol. The summed E-state index contributed by atoms with van der Waals surface area (Å²) in [5, 5.41) is 4.44. The summed E-state index contributed by atoms with van der Waals surface area (Å²) < 4.78 is 0. The monoisotopic (exact) mass is 423 g/mol. The van der Waals surface area contributed by atoms with Crippen LogP contribution in [-0.2, 0) is 6.54 Å². The Morgan fingerprint density at radius 3 is 2.53 bits per heavy atom. The zero-order chi connectivity index (χ0) is 21.5. The number of aromatic nitrogens is 2. The summed E-state index contributed by atoms with van der Waals surface area (Å²) in [4.78, 5) is 27.2. The van der Waals surface area contributed by atoms with Crippen molar-refractivity contribution in [1.29, 1.82) is 0 Å². The lowest BCUT2D eigenvalue weighted by atomic mass is 10.2. The molecule has 0 fully saturated rings. The van der Waals surface area contributed by atoms with Crippen molar-refractivity contribution >= 4 is 34.4 Å². The minimum atomic E-state index is -0.0304. The number of carbonyl (C=O) groups excluding carboxylic acids is 1. The third-order valence-corrected chi connectivity index (χ3v) is 5.58. The van der Waals surface area contributed by atoms with Crippen LogP contribution >= 0.6 is 11.8 Å². The molecule has 3 aromatic rings. The number of hydrogen-bond donors (Lipinski definition) is 1. The summed E-state index contributed by atoms with van der Waals surface area (Å²) in [6, 6.07) is 15.6. The fraction of sp³-hybridized carbons (Fsp3) is 0.348. The van der Waals surface area contributed by atoms with Gasteiger partial charge in [0.2, 0.25) is 0 Å². The van der Waals surface area contributed by atoms with Crippen LogP contribution in [-0.4, -0.2) is 66.2 Å². The van der Waals surface area contributed by atoms with Crippen molar-refractivity contribution in [3.8, 4) is 0 Å². The standard InChI is InChI=1S/C23H29N5OS/c1-27(2)15-9-14-24-22-17-10-5-7-12-19(17)25-21(26-22)16-28(3)23(29)18-11-6-8-13-20(18)30-4/h5-8,10-13H,9,14-16H2,1-4H3,(H,24,25,26). The van der Waals surface area contributed by atoms with Crippen LogP contribution < -0.4 is 5.32 Å². The van der Waals surface area contributed by atoms with Crippen molar-refractivity contribution < 1.29 is 4.79 Å². The average molecular weight is 424 g/mol. The number of rotatable bonds is 9. The molecule has 158 valence electrons. The van der Waals surface area contributed by atoms with Gasteiger partial charge in [0.05, 0.1) is 17.6 Å². The molecule has 1 N–H and O–H groups in total. The molecular formula is C23H29N5OS. The maximum Gasteiger partial charge on any atom is 0.255 e. The quantitative estimate of drug-likeness (QED) is 0.415. The summed E-state index contributed by atoms with van der Waals surface area (Å²) >= 11 is 1.57. The maximum atomic E-state index is 13.0. The second kappa shape index (κ2) is 10.4. The molecule has 1 aromatic heterocycles. The van der Waals surface area contributed by atoms with Crippen LogP contribution in [0.5, 0.6) is 0 Å². The smallest absolute Gasteiger partial charge is 0.255 e. The van der Waals surface area contributed by atoms with Crippen LogP contribution in [0.4, 0.5) is 5.82 Å². The van der Waals surface area contributed by atoms with Crippen molar-refractivity contribution in [2.24, 2.45) is 0 Å². The van der Waals surface area contributed by atoms with Gasteiger partial charge in [-0.25, -0.2) is 9.97 Å². The number of benzene rings is 2. The fourth-order valence-corrected chi connectivity index (χ4v) is 3.83. The predicted octanol–water partition coefficient (Wildman–Crippen LogP) is 3.99. The number of fused-ring (bicyclic) bond motifs is 1. The number of amides is 1. The molecule has 0 aliphatic carbocycles. The summed E-state index contributed by atoms with van der Waals surface area (Å²) in [7, 11) is 5.93. The van der Waals surface area contributed by atoms with E-state index in [0.29, 0.717) is 17.9 Å². The summed E-state index contributed by atoms with van der Waals surface area (Å²) in [6.07, 6.45) is 3.00. The van der Waals surface area contributed by atoms with E-state index in [1.165, 1.54) is 0 Å². The third kappa shape index (κ3) is 5.49. The van der Waals surface area contributed by atoms with Gasteiger partial charge in [-0.1, -0.05) is 24.3 Å². The van der Waals surface area contributed by atoms with Gasteiger partial charge < -0.3 is 15.1 Å². The van der Waals surface area contributed by atoms with Crippen LogP contribution in [0.3, 0.4) is 0 Å². The van der Waals surface area contributed by atoms with Gasteiger partial charge in [0.1, 0.15) is 5.82 Å². The van der Waals surface area contributed by atoms with Gasteiger partial charge in [-0.3, -0.25) is 4.79 Å². The van der Waals surface area contributed by atoms with Crippen LogP contribution in [0.2, 0.25) is 0 Å². The van der Waals surface area contributed by atoms with Crippen molar-refractivity contribution in [3.63, 3.8) is 0 Å². The molecule has 1 amide bonds. The Morgan fingerprint density at radius 2 is 1.77 bits per heavy atom. The average Bonchev–Trinajstić information content (AvgIpc) is 2.75. The van der Waals surface area contributed by atoms with Crippen molar-refractivity contribution in [2.75, 3.05) is 45.8 Å². The van der Waals surface area contributed by atoms with E-state index in [-0.39, 0.29) is 5.91 Å². The third-order valence-electron chi connectivity index (χ3n) is 4.79. The molecule has 0 saturated heterocycles. The van der Waals surface area contributed by atoms with Gasteiger partial charge in [0.25, 0.3) is 5.91 Å². The van der Waals surface area contributed by atoms with Crippen LogP contribution in [0.25, 0.3) is 10.9 Å². The highest BCUT2D eigenvalue weighted by Gasteiger charge is 2.17. The number of hydrogen-bond acceptors (Lipinski definition) is 6. The number of anilines is 1. The summed E-state index contributed by atoms with van der Waals surface area (Å²) in [6.45, 7) is 2.18. The number of para-hydroxylation sites is 1.